The first-order valence-electron chi connectivity index (χ1n) is 6.77. The maximum Gasteiger partial charge on any atom is 0.312 e. The van der Waals surface area contributed by atoms with Gasteiger partial charge in [-0.3, -0.25) is 4.79 Å². The maximum absolute atomic E-state index is 11.4. The van der Waals surface area contributed by atoms with Gasteiger partial charge in [0.1, 0.15) is 0 Å². The van der Waals surface area contributed by atoms with Crippen molar-refractivity contribution >= 4 is 11.9 Å². The Morgan fingerprint density at radius 1 is 1.25 bits per heavy atom. The molecule has 1 aliphatic carbocycles. The Balaban J connectivity index is 1.77. The highest BCUT2D eigenvalue weighted by Crippen LogP contribution is 2.30. The van der Waals surface area contributed by atoms with Crippen molar-refractivity contribution in [2.75, 3.05) is 6.54 Å². The highest BCUT2D eigenvalue weighted by molar-refractivity contribution is 5.83. The number of rotatable bonds is 5. The van der Waals surface area contributed by atoms with Crippen LogP contribution in [0.3, 0.4) is 0 Å². The van der Waals surface area contributed by atoms with Crippen LogP contribution in [0.2, 0.25) is 0 Å². The molecule has 0 spiro atoms. The van der Waals surface area contributed by atoms with Gasteiger partial charge in [0.2, 0.25) is 11.8 Å². The zero-order valence-corrected chi connectivity index (χ0v) is 11.2. The van der Waals surface area contributed by atoms with Crippen LogP contribution in [0.15, 0.2) is 4.52 Å². The van der Waals surface area contributed by atoms with E-state index in [1.165, 1.54) is 19.3 Å². The Bertz CT molecular complexity index is 467. The number of aromatic nitrogens is 2. The first-order chi connectivity index (χ1) is 9.65. The molecule has 110 valence electrons. The van der Waals surface area contributed by atoms with Gasteiger partial charge < -0.3 is 20.9 Å². The van der Waals surface area contributed by atoms with E-state index in [1.54, 1.807) is 0 Å². The van der Waals surface area contributed by atoms with Crippen molar-refractivity contribution in [1.29, 1.82) is 0 Å². The summed E-state index contributed by atoms with van der Waals surface area (Å²) in [5.74, 6) is 1.11. The molecule has 1 aromatic heterocycles. The number of amides is 3. The van der Waals surface area contributed by atoms with Crippen LogP contribution in [-0.2, 0) is 11.3 Å². The first-order valence-corrected chi connectivity index (χ1v) is 6.77. The van der Waals surface area contributed by atoms with Gasteiger partial charge in [0, 0.05) is 5.92 Å². The number of hydrogen-bond acceptors (Lipinski definition) is 5. The molecule has 1 fully saturated rings. The fourth-order valence-electron chi connectivity index (χ4n) is 2.27. The number of nitrogens with zero attached hydrogens (tertiary/aromatic N) is 2. The summed E-state index contributed by atoms with van der Waals surface area (Å²) in [5.41, 5.74) is 4.86. The van der Waals surface area contributed by atoms with Crippen molar-refractivity contribution in [3.8, 4) is 0 Å². The Labute approximate surface area is 116 Å². The SMILES string of the molecule is NC(=O)NCC(=O)NCc1nc(C2CCCCC2)no1. The summed E-state index contributed by atoms with van der Waals surface area (Å²) >= 11 is 0. The van der Waals surface area contributed by atoms with Crippen LogP contribution in [0.1, 0.15) is 49.7 Å². The van der Waals surface area contributed by atoms with Gasteiger partial charge in [-0.25, -0.2) is 4.79 Å². The molecule has 1 saturated carbocycles. The molecule has 0 aliphatic heterocycles. The summed E-state index contributed by atoms with van der Waals surface area (Å²) in [6.07, 6.45) is 5.85. The van der Waals surface area contributed by atoms with Gasteiger partial charge >= 0.3 is 6.03 Å². The van der Waals surface area contributed by atoms with Gasteiger partial charge in [-0.2, -0.15) is 4.98 Å². The van der Waals surface area contributed by atoms with Crippen molar-refractivity contribution in [3.05, 3.63) is 11.7 Å². The van der Waals surface area contributed by atoms with Crippen molar-refractivity contribution in [1.82, 2.24) is 20.8 Å². The van der Waals surface area contributed by atoms with Crippen molar-refractivity contribution in [2.45, 2.75) is 44.6 Å². The highest BCUT2D eigenvalue weighted by Gasteiger charge is 2.20. The topological polar surface area (TPSA) is 123 Å². The van der Waals surface area contributed by atoms with E-state index in [9.17, 15) is 9.59 Å². The normalized spacial score (nSPS) is 15.8. The minimum atomic E-state index is -0.738. The fourth-order valence-corrected chi connectivity index (χ4v) is 2.27. The number of urea groups is 1. The lowest BCUT2D eigenvalue weighted by atomic mass is 9.89. The molecule has 8 nitrogen and oxygen atoms in total. The van der Waals surface area contributed by atoms with Crippen LogP contribution in [0.5, 0.6) is 0 Å². The fraction of sp³-hybridized carbons (Fsp3) is 0.667. The predicted octanol–water partition coefficient (Wildman–Crippen LogP) is 0.402. The largest absolute Gasteiger partial charge is 0.352 e. The van der Waals surface area contributed by atoms with E-state index in [1.807, 2.05) is 0 Å². The van der Waals surface area contributed by atoms with Gasteiger partial charge in [-0.15, -0.1) is 0 Å². The maximum atomic E-state index is 11.4. The zero-order valence-electron chi connectivity index (χ0n) is 11.2. The summed E-state index contributed by atoms with van der Waals surface area (Å²) in [4.78, 5) is 26.1. The zero-order chi connectivity index (χ0) is 14.4. The van der Waals surface area contributed by atoms with E-state index in [4.69, 9.17) is 10.3 Å². The van der Waals surface area contributed by atoms with Gasteiger partial charge in [0.05, 0.1) is 13.1 Å². The minimum Gasteiger partial charge on any atom is -0.352 e. The van der Waals surface area contributed by atoms with Crippen LogP contribution >= 0.6 is 0 Å². The van der Waals surface area contributed by atoms with Crippen LogP contribution < -0.4 is 16.4 Å². The average Bonchev–Trinajstić information content (AvgIpc) is 2.93. The molecule has 20 heavy (non-hydrogen) atoms. The molecule has 0 radical (unpaired) electrons. The summed E-state index contributed by atoms with van der Waals surface area (Å²) in [6.45, 7) is -0.0159. The monoisotopic (exact) mass is 281 g/mol. The molecule has 0 saturated heterocycles. The average molecular weight is 281 g/mol. The Morgan fingerprint density at radius 3 is 2.70 bits per heavy atom. The molecular weight excluding hydrogens is 262 g/mol. The van der Waals surface area contributed by atoms with E-state index in [-0.39, 0.29) is 19.0 Å². The summed E-state index contributed by atoms with van der Waals surface area (Å²) in [6, 6.07) is -0.738. The Hall–Kier alpha value is -2.12. The molecule has 1 aromatic rings. The van der Waals surface area contributed by atoms with Crippen LogP contribution in [-0.4, -0.2) is 28.6 Å². The van der Waals surface area contributed by atoms with Gasteiger partial charge in [-0.05, 0) is 12.8 Å². The summed E-state index contributed by atoms with van der Waals surface area (Å²) in [5, 5.41) is 8.73. The molecule has 2 rings (SSSR count). The van der Waals surface area contributed by atoms with Crippen molar-refractivity contribution < 1.29 is 14.1 Å². The second kappa shape index (κ2) is 6.88. The smallest absolute Gasteiger partial charge is 0.312 e. The highest BCUT2D eigenvalue weighted by atomic mass is 16.5. The lowest BCUT2D eigenvalue weighted by molar-refractivity contribution is -0.120. The Kier molecular flexibility index (Phi) is 4.91. The minimum absolute atomic E-state index is 0.152. The molecule has 0 aromatic carbocycles. The third kappa shape index (κ3) is 4.22. The van der Waals surface area contributed by atoms with Crippen LogP contribution in [0, 0.1) is 0 Å². The number of nitrogens with two attached hydrogens (primary N) is 1. The lowest BCUT2D eigenvalue weighted by Gasteiger charge is -2.17. The third-order valence-corrected chi connectivity index (χ3v) is 3.31. The molecule has 4 N–H and O–H groups in total. The van der Waals surface area contributed by atoms with Gasteiger partial charge in [-0.1, -0.05) is 24.4 Å². The number of carbonyl (C=O) groups excluding carboxylic acids is 2. The molecule has 3 amide bonds. The summed E-state index contributed by atoms with van der Waals surface area (Å²) < 4.78 is 5.11. The molecule has 0 bridgehead atoms. The number of carbonyl (C=O) groups is 2. The van der Waals surface area contributed by atoms with Crippen molar-refractivity contribution in [3.63, 3.8) is 0 Å². The van der Waals surface area contributed by atoms with E-state index in [0.29, 0.717) is 11.8 Å². The van der Waals surface area contributed by atoms with Crippen LogP contribution in [0.4, 0.5) is 4.79 Å². The number of primary amides is 1. The molecule has 0 atom stereocenters. The van der Waals surface area contributed by atoms with Gasteiger partial charge in [0.25, 0.3) is 0 Å². The van der Waals surface area contributed by atoms with Crippen molar-refractivity contribution in [2.24, 2.45) is 5.73 Å². The third-order valence-electron chi connectivity index (χ3n) is 3.31. The van der Waals surface area contributed by atoms with E-state index in [0.717, 1.165) is 18.7 Å². The van der Waals surface area contributed by atoms with Gasteiger partial charge in [0.15, 0.2) is 5.82 Å². The molecule has 8 heteroatoms. The Morgan fingerprint density at radius 2 is 2.00 bits per heavy atom. The number of hydrogen-bond donors (Lipinski definition) is 3. The van der Waals surface area contributed by atoms with E-state index < -0.39 is 6.03 Å². The quantitative estimate of drug-likeness (QED) is 0.721. The molecular formula is C12H19N5O3. The summed E-state index contributed by atoms with van der Waals surface area (Å²) in [7, 11) is 0. The lowest BCUT2D eigenvalue weighted by Crippen LogP contribution is -2.39. The second-order valence-corrected chi connectivity index (χ2v) is 4.88. The van der Waals surface area contributed by atoms with E-state index >= 15 is 0 Å². The molecule has 1 heterocycles. The predicted molar refractivity (Wildman–Crippen MR) is 69.6 cm³/mol. The molecule has 1 aliphatic rings. The van der Waals surface area contributed by atoms with Crippen LogP contribution in [0.25, 0.3) is 0 Å². The number of nitrogens with one attached hydrogen (secondary N) is 2. The standard InChI is InChI=1S/C12H19N5O3/c13-12(19)15-6-9(18)14-7-10-16-11(17-20-10)8-4-2-1-3-5-8/h8H,1-7H2,(H,14,18)(H3,13,15,19). The first kappa shape index (κ1) is 14.3. The van der Waals surface area contributed by atoms with E-state index in [2.05, 4.69) is 20.8 Å². The molecule has 0 unspecified atom stereocenters. The second-order valence-electron chi connectivity index (χ2n) is 4.88.